The van der Waals surface area contributed by atoms with Gasteiger partial charge in [-0.05, 0) is 80.8 Å². The van der Waals surface area contributed by atoms with E-state index in [4.69, 9.17) is 9.47 Å². The zero-order chi connectivity index (χ0) is 36.9. The van der Waals surface area contributed by atoms with Crippen LogP contribution < -0.4 is 15.4 Å². The summed E-state index contributed by atoms with van der Waals surface area (Å²) >= 11 is 0. The molecule has 52 heavy (non-hydrogen) atoms. The number of ether oxygens (including phenoxy) is 2. The van der Waals surface area contributed by atoms with Crippen LogP contribution in [0.5, 0.6) is 5.75 Å². The maximum atomic E-state index is 14.9. The predicted octanol–water partition coefficient (Wildman–Crippen LogP) is 6.48. The fraction of sp³-hybridized carbons (Fsp3) is 0.349. The number of likely N-dealkylation sites (tertiary alicyclic amines) is 1. The van der Waals surface area contributed by atoms with Gasteiger partial charge in [-0.1, -0.05) is 97.1 Å². The molecule has 0 spiro atoms. The number of piperidine rings is 1. The third kappa shape index (κ3) is 7.59. The largest absolute Gasteiger partial charge is 0.496 e. The van der Waals surface area contributed by atoms with E-state index in [1.165, 1.54) is 0 Å². The van der Waals surface area contributed by atoms with E-state index in [1.807, 2.05) is 83.8 Å². The number of methoxy groups -OCH3 is 1. The van der Waals surface area contributed by atoms with Crippen molar-refractivity contribution in [3.05, 3.63) is 137 Å². The molecule has 9 heteroatoms. The Labute approximate surface area is 305 Å². The average Bonchev–Trinajstić information content (AvgIpc) is 3.16. The summed E-state index contributed by atoms with van der Waals surface area (Å²) < 4.78 is 11.2. The number of nitrogens with zero attached hydrogens (tertiary/aromatic N) is 1. The van der Waals surface area contributed by atoms with Crippen molar-refractivity contribution in [3.8, 4) is 5.75 Å². The van der Waals surface area contributed by atoms with Crippen LogP contribution in [0.4, 0.5) is 0 Å². The van der Waals surface area contributed by atoms with Crippen LogP contribution in [0.1, 0.15) is 91.0 Å². The number of carbonyl (C=O) groups excluding carboxylic acids is 4. The van der Waals surface area contributed by atoms with Crippen molar-refractivity contribution < 1.29 is 28.7 Å². The molecule has 2 N–H and O–H groups in total. The highest BCUT2D eigenvalue weighted by atomic mass is 16.6. The van der Waals surface area contributed by atoms with Crippen LogP contribution in [-0.4, -0.2) is 60.4 Å². The molecule has 0 saturated carbocycles. The second-order valence-electron chi connectivity index (χ2n) is 14.6. The van der Waals surface area contributed by atoms with E-state index in [-0.39, 0.29) is 23.8 Å². The molecule has 3 amide bonds. The first-order valence-corrected chi connectivity index (χ1v) is 18.0. The number of rotatable bonds is 9. The molecule has 1 aliphatic carbocycles. The van der Waals surface area contributed by atoms with Crippen molar-refractivity contribution >= 4 is 23.7 Å². The van der Waals surface area contributed by atoms with Gasteiger partial charge in [0, 0.05) is 19.1 Å². The monoisotopic (exact) mass is 701 g/mol. The minimum absolute atomic E-state index is 0.0138. The Hall–Kier alpha value is -5.44. The summed E-state index contributed by atoms with van der Waals surface area (Å²) in [4.78, 5) is 57.8. The minimum Gasteiger partial charge on any atom is -0.496 e. The van der Waals surface area contributed by atoms with Gasteiger partial charge in [-0.15, -0.1) is 0 Å². The quantitative estimate of drug-likeness (QED) is 0.193. The smallest absolute Gasteiger partial charge is 0.333 e. The highest BCUT2D eigenvalue weighted by Crippen LogP contribution is 2.48. The van der Waals surface area contributed by atoms with Crippen LogP contribution in [0.2, 0.25) is 0 Å². The number of para-hydroxylation sites is 1. The van der Waals surface area contributed by atoms with Crippen LogP contribution in [0.3, 0.4) is 0 Å². The summed E-state index contributed by atoms with van der Waals surface area (Å²) in [5, 5.41) is 6.22. The Bertz CT molecular complexity index is 1900. The van der Waals surface area contributed by atoms with Crippen molar-refractivity contribution in [2.75, 3.05) is 20.2 Å². The molecule has 0 unspecified atom stereocenters. The van der Waals surface area contributed by atoms with Crippen LogP contribution in [0.25, 0.3) is 0 Å². The molecule has 4 aromatic rings. The maximum Gasteiger partial charge on any atom is 0.333 e. The summed E-state index contributed by atoms with van der Waals surface area (Å²) in [6, 6.07) is 32.4. The first-order chi connectivity index (χ1) is 25.0. The lowest BCUT2D eigenvalue weighted by Gasteiger charge is -2.43. The van der Waals surface area contributed by atoms with Crippen LogP contribution in [-0.2, 0) is 24.5 Å². The molecule has 6 rings (SSSR count). The number of nitrogens with one attached hydrogen (secondary N) is 2. The van der Waals surface area contributed by atoms with Gasteiger partial charge >= 0.3 is 5.97 Å². The van der Waals surface area contributed by atoms with E-state index in [0.29, 0.717) is 55.6 Å². The fourth-order valence-corrected chi connectivity index (χ4v) is 7.59. The van der Waals surface area contributed by atoms with Crippen LogP contribution in [0.15, 0.2) is 109 Å². The van der Waals surface area contributed by atoms with Crippen molar-refractivity contribution in [1.29, 1.82) is 0 Å². The molecule has 1 saturated heterocycles. The standard InChI is InChI=1S/C43H47N3O6/c1-42(2,3)52-40(49)37(29-15-7-5-8-16-29)45-41(50)43(30-17-9-6-10-18-30)26-23-33(32-19-11-13-21-35(32)43)39(48)46-27-24-31(25-28-46)44-38(47)34-20-12-14-22-36(34)51-4/h5-22,31,33,37H,23-28H2,1-4H3,(H,44,47)(H,45,50)/t33-,37-,43+/m0/s1. The molecule has 270 valence electrons. The molecule has 0 radical (unpaired) electrons. The molecule has 2 aliphatic rings. The lowest BCUT2D eigenvalue weighted by molar-refractivity contribution is -0.159. The van der Waals surface area contributed by atoms with Gasteiger partial charge in [-0.25, -0.2) is 4.79 Å². The molecule has 1 heterocycles. The van der Waals surface area contributed by atoms with Gasteiger partial charge in [0.15, 0.2) is 6.04 Å². The molecule has 4 aromatic carbocycles. The SMILES string of the molecule is COc1ccccc1C(=O)NC1CCN(C(=O)[C@H]2CC[C@@](C(=O)N[C@H](C(=O)OC(C)(C)C)c3ccccc3)(c3ccccc3)c3ccccc32)CC1. The lowest BCUT2D eigenvalue weighted by atomic mass is 9.62. The van der Waals surface area contributed by atoms with E-state index in [2.05, 4.69) is 10.6 Å². The van der Waals surface area contributed by atoms with Crippen molar-refractivity contribution in [2.45, 2.75) is 75.5 Å². The molecule has 1 fully saturated rings. The summed E-state index contributed by atoms with van der Waals surface area (Å²) in [6.45, 7) is 6.42. The molecule has 3 atom stereocenters. The van der Waals surface area contributed by atoms with E-state index in [9.17, 15) is 19.2 Å². The number of benzene rings is 4. The minimum atomic E-state index is -1.17. The van der Waals surface area contributed by atoms with Gasteiger partial charge in [0.1, 0.15) is 11.4 Å². The highest BCUT2D eigenvalue weighted by molar-refractivity contribution is 5.98. The molecular weight excluding hydrogens is 654 g/mol. The normalized spacial score (nSPS) is 19.5. The number of amides is 3. The molecule has 9 nitrogen and oxygen atoms in total. The number of carbonyl (C=O) groups is 4. The first kappa shape index (κ1) is 36.4. The van der Waals surface area contributed by atoms with Gasteiger partial charge < -0.3 is 25.0 Å². The Morgan fingerprint density at radius 3 is 2.08 bits per heavy atom. The van der Waals surface area contributed by atoms with E-state index in [1.54, 1.807) is 58.2 Å². The third-order valence-electron chi connectivity index (χ3n) is 10.1. The number of hydrogen-bond donors (Lipinski definition) is 2. The van der Waals surface area contributed by atoms with Crippen LogP contribution in [0, 0.1) is 0 Å². The van der Waals surface area contributed by atoms with Gasteiger partial charge in [0.05, 0.1) is 24.0 Å². The van der Waals surface area contributed by atoms with E-state index in [0.717, 1.165) is 16.7 Å². The number of fused-ring (bicyclic) bond motifs is 1. The highest BCUT2D eigenvalue weighted by Gasteiger charge is 2.50. The van der Waals surface area contributed by atoms with Gasteiger partial charge in [-0.2, -0.15) is 0 Å². The first-order valence-electron chi connectivity index (χ1n) is 18.0. The van der Waals surface area contributed by atoms with Crippen molar-refractivity contribution in [1.82, 2.24) is 15.5 Å². The Morgan fingerprint density at radius 1 is 0.788 bits per heavy atom. The zero-order valence-corrected chi connectivity index (χ0v) is 30.3. The molecule has 1 aliphatic heterocycles. The van der Waals surface area contributed by atoms with E-state index >= 15 is 0 Å². The topological polar surface area (TPSA) is 114 Å². The third-order valence-corrected chi connectivity index (χ3v) is 10.1. The fourth-order valence-electron chi connectivity index (χ4n) is 7.59. The van der Waals surface area contributed by atoms with Gasteiger partial charge in [0.25, 0.3) is 5.91 Å². The summed E-state index contributed by atoms with van der Waals surface area (Å²) in [5.41, 5.74) is 1.51. The van der Waals surface area contributed by atoms with Crippen molar-refractivity contribution in [2.24, 2.45) is 0 Å². The number of hydrogen-bond acceptors (Lipinski definition) is 6. The van der Waals surface area contributed by atoms with Gasteiger partial charge in [-0.3, -0.25) is 14.4 Å². The predicted molar refractivity (Wildman–Crippen MR) is 199 cm³/mol. The summed E-state index contributed by atoms with van der Waals surface area (Å²) in [7, 11) is 1.54. The molecular formula is C43H47N3O6. The summed E-state index contributed by atoms with van der Waals surface area (Å²) in [5.74, 6) is -0.987. The Kier molecular flexibility index (Phi) is 10.8. The Morgan fingerprint density at radius 2 is 1.40 bits per heavy atom. The van der Waals surface area contributed by atoms with Crippen molar-refractivity contribution in [3.63, 3.8) is 0 Å². The van der Waals surface area contributed by atoms with Gasteiger partial charge in [0.2, 0.25) is 11.8 Å². The zero-order valence-electron chi connectivity index (χ0n) is 30.3. The molecule has 0 bridgehead atoms. The average molecular weight is 702 g/mol. The summed E-state index contributed by atoms with van der Waals surface area (Å²) in [6.07, 6.45) is 2.05. The molecule has 0 aromatic heterocycles. The van der Waals surface area contributed by atoms with E-state index < -0.39 is 28.9 Å². The Balaban J connectivity index is 1.25. The lowest BCUT2D eigenvalue weighted by Crippen LogP contribution is -2.52. The van der Waals surface area contributed by atoms with Crippen LogP contribution >= 0.6 is 0 Å². The second kappa shape index (κ2) is 15.4. The number of esters is 1. The second-order valence-corrected chi connectivity index (χ2v) is 14.6. The maximum absolute atomic E-state index is 14.9.